The quantitative estimate of drug-likeness (QED) is 0.672. The molecule has 1 heterocycles. The number of hydrogen-bond acceptors (Lipinski definition) is 1. The van der Waals surface area contributed by atoms with Gasteiger partial charge < -0.3 is 4.90 Å². The molecular weight excluding hydrogens is 242 g/mol. The molecule has 0 N–H and O–H groups in total. The fourth-order valence-electron chi connectivity index (χ4n) is 4.26. The first-order chi connectivity index (χ1) is 9.16. The van der Waals surface area contributed by atoms with Gasteiger partial charge in [-0.05, 0) is 58.9 Å². The predicted molar refractivity (Wildman–Crippen MR) is 86.3 cm³/mol. The third-order valence-electron chi connectivity index (χ3n) is 5.07. The molecule has 0 unspecified atom stereocenters. The Morgan fingerprint density at radius 2 is 1.80 bits per heavy atom. The van der Waals surface area contributed by atoms with Crippen molar-refractivity contribution in [3.8, 4) is 0 Å². The highest BCUT2D eigenvalue weighted by Gasteiger charge is 2.37. The lowest BCUT2D eigenvalue weighted by Gasteiger charge is -2.44. The zero-order chi connectivity index (χ0) is 14.7. The maximum atomic E-state index is 2.51. The van der Waals surface area contributed by atoms with Gasteiger partial charge in [-0.15, -0.1) is 0 Å². The summed E-state index contributed by atoms with van der Waals surface area (Å²) in [5.74, 6) is 0.747. The molecule has 0 radical (unpaired) electrons. The fraction of sp³-hybridized carbons (Fsp3) is 0.684. The smallest absolute Gasteiger partial charge is 0.0233 e. The molecule has 0 fully saturated rings. The Hall–Kier alpha value is -0.820. The van der Waals surface area contributed by atoms with Gasteiger partial charge in [-0.1, -0.05) is 46.8 Å². The van der Waals surface area contributed by atoms with Gasteiger partial charge in [0.05, 0.1) is 0 Å². The minimum Gasteiger partial charge on any atom is -0.301 e. The summed E-state index contributed by atoms with van der Waals surface area (Å²) >= 11 is 0. The summed E-state index contributed by atoms with van der Waals surface area (Å²) < 4.78 is 0. The Bertz CT molecular complexity index is 533. The highest BCUT2D eigenvalue weighted by Crippen LogP contribution is 2.46. The van der Waals surface area contributed by atoms with Gasteiger partial charge in [0.25, 0.3) is 0 Å². The molecule has 0 aromatic heterocycles. The first-order valence-corrected chi connectivity index (χ1v) is 8.00. The van der Waals surface area contributed by atoms with Crippen LogP contribution in [0.15, 0.2) is 12.1 Å². The van der Waals surface area contributed by atoms with Gasteiger partial charge in [-0.3, -0.25) is 0 Å². The SMILES string of the molecule is CN1Cc2cc(C(C)(C)C)cc3c2[C@H](C1)CC(C)(C)C3. The first kappa shape index (κ1) is 14.1. The summed E-state index contributed by atoms with van der Waals surface area (Å²) in [6.45, 7) is 14.2. The Balaban J connectivity index is 2.17. The van der Waals surface area contributed by atoms with E-state index >= 15 is 0 Å². The van der Waals surface area contributed by atoms with Crippen LogP contribution in [0.5, 0.6) is 0 Å². The van der Waals surface area contributed by atoms with Crippen LogP contribution >= 0.6 is 0 Å². The second-order valence-electron chi connectivity index (χ2n) is 8.90. The molecule has 1 aromatic carbocycles. The van der Waals surface area contributed by atoms with Crippen LogP contribution in [0, 0.1) is 5.41 Å². The largest absolute Gasteiger partial charge is 0.301 e. The number of benzene rings is 1. The van der Waals surface area contributed by atoms with Crippen molar-refractivity contribution in [3.63, 3.8) is 0 Å². The van der Waals surface area contributed by atoms with Crippen LogP contribution in [0.2, 0.25) is 0 Å². The van der Waals surface area contributed by atoms with E-state index in [0.717, 1.165) is 12.5 Å². The molecule has 1 aliphatic heterocycles. The standard InChI is InChI=1S/C19H29N/c1-18(2,3)16-7-13-9-19(4,5)10-15-12-20(6)11-14(8-16)17(13)15/h7-8,15H,9-12H2,1-6H3/t15-/m0/s1. The molecule has 0 spiro atoms. The molecule has 1 atom stereocenters. The van der Waals surface area contributed by atoms with Crippen LogP contribution in [-0.2, 0) is 18.4 Å². The van der Waals surface area contributed by atoms with Crippen LogP contribution in [0.25, 0.3) is 0 Å². The molecular formula is C19H29N. The predicted octanol–water partition coefficient (Wildman–Crippen LogP) is 4.49. The van der Waals surface area contributed by atoms with Gasteiger partial charge in [0.15, 0.2) is 0 Å². The average Bonchev–Trinajstić information content (AvgIpc) is 2.23. The van der Waals surface area contributed by atoms with E-state index in [4.69, 9.17) is 0 Å². The molecule has 3 rings (SSSR count). The van der Waals surface area contributed by atoms with Crippen molar-refractivity contribution in [1.29, 1.82) is 0 Å². The van der Waals surface area contributed by atoms with Crippen LogP contribution in [-0.4, -0.2) is 18.5 Å². The molecule has 1 heteroatoms. The number of hydrogen-bond donors (Lipinski definition) is 0. The van der Waals surface area contributed by atoms with Gasteiger partial charge in [0.1, 0.15) is 0 Å². The summed E-state index contributed by atoms with van der Waals surface area (Å²) in [7, 11) is 2.27. The third-order valence-corrected chi connectivity index (χ3v) is 5.07. The summed E-state index contributed by atoms with van der Waals surface area (Å²) in [5, 5.41) is 0. The summed E-state index contributed by atoms with van der Waals surface area (Å²) in [6, 6.07) is 5.00. The Morgan fingerprint density at radius 1 is 1.15 bits per heavy atom. The molecule has 20 heavy (non-hydrogen) atoms. The molecule has 110 valence electrons. The highest BCUT2D eigenvalue weighted by molar-refractivity contribution is 5.47. The van der Waals surface area contributed by atoms with Gasteiger partial charge >= 0.3 is 0 Å². The maximum absolute atomic E-state index is 2.51. The minimum atomic E-state index is 0.249. The molecule has 1 aromatic rings. The van der Waals surface area contributed by atoms with Crippen molar-refractivity contribution < 1.29 is 0 Å². The summed E-state index contributed by atoms with van der Waals surface area (Å²) in [6.07, 6.45) is 2.59. The van der Waals surface area contributed by atoms with E-state index in [9.17, 15) is 0 Å². The van der Waals surface area contributed by atoms with E-state index < -0.39 is 0 Å². The van der Waals surface area contributed by atoms with E-state index in [2.05, 4.69) is 58.7 Å². The molecule has 0 amide bonds. The van der Waals surface area contributed by atoms with Crippen molar-refractivity contribution in [3.05, 3.63) is 34.4 Å². The zero-order valence-corrected chi connectivity index (χ0v) is 14.0. The van der Waals surface area contributed by atoms with Crippen molar-refractivity contribution in [2.24, 2.45) is 5.41 Å². The normalized spacial score (nSPS) is 25.4. The van der Waals surface area contributed by atoms with Gasteiger partial charge in [-0.2, -0.15) is 0 Å². The van der Waals surface area contributed by atoms with E-state index in [1.165, 1.54) is 24.9 Å². The zero-order valence-electron chi connectivity index (χ0n) is 14.0. The first-order valence-electron chi connectivity index (χ1n) is 8.00. The van der Waals surface area contributed by atoms with Crippen LogP contribution < -0.4 is 0 Å². The maximum Gasteiger partial charge on any atom is 0.0233 e. The molecule has 0 saturated carbocycles. The number of rotatable bonds is 0. The fourth-order valence-corrected chi connectivity index (χ4v) is 4.26. The molecule has 2 aliphatic rings. The second-order valence-corrected chi connectivity index (χ2v) is 8.90. The summed E-state index contributed by atoms with van der Waals surface area (Å²) in [5.41, 5.74) is 7.15. The van der Waals surface area contributed by atoms with Crippen molar-refractivity contribution in [2.45, 2.75) is 65.3 Å². The van der Waals surface area contributed by atoms with Gasteiger partial charge in [0, 0.05) is 13.1 Å². The van der Waals surface area contributed by atoms with E-state index in [0.29, 0.717) is 5.41 Å². The summed E-state index contributed by atoms with van der Waals surface area (Å²) in [4.78, 5) is 2.50. The third kappa shape index (κ3) is 2.41. The lowest BCUT2D eigenvalue weighted by Crippen LogP contribution is -2.38. The average molecular weight is 271 g/mol. The monoisotopic (exact) mass is 271 g/mol. The van der Waals surface area contributed by atoms with Crippen molar-refractivity contribution >= 4 is 0 Å². The molecule has 1 aliphatic carbocycles. The highest BCUT2D eigenvalue weighted by atomic mass is 15.1. The Kier molecular flexibility index (Phi) is 3.06. The van der Waals surface area contributed by atoms with Crippen molar-refractivity contribution in [1.82, 2.24) is 4.90 Å². The minimum absolute atomic E-state index is 0.249. The Labute approximate surface area is 124 Å². The lowest BCUT2D eigenvalue weighted by molar-refractivity contribution is 0.206. The van der Waals surface area contributed by atoms with Gasteiger partial charge in [0.2, 0.25) is 0 Å². The van der Waals surface area contributed by atoms with E-state index in [-0.39, 0.29) is 5.41 Å². The molecule has 0 bridgehead atoms. The topological polar surface area (TPSA) is 3.24 Å². The lowest BCUT2D eigenvalue weighted by atomic mass is 9.65. The second kappa shape index (κ2) is 4.34. The Morgan fingerprint density at radius 3 is 2.45 bits per heavy atom. The van der Waals surface area contributed by atoms with Crippen LogP contribution in [0.4, 0.5) is 0 Å². The number of likely N-dealkylation sites (N-methyl/N-ethyl adjacent to an activating group) is 1. The van der Waals surface area contributed by atoms with E-state index in [1.807, 2.05) is 0 Å². The van der Waals surface area contributed by atoms with Crippen molar-refractivity contribution in [2.75, 3.05) is 13.6 Å². The molecule has 0 saturated heterocycles. The van der Waals surface area contributed by atoms with Crippen LogP contribution in [0.1, 0.15) is 69.2 Å². The molecule has 1 nitrogen and oxygen atoms in total. The van der Waals surface area contributed by atoms with E-state index in [1.54, 1.807) is 16.7 Å². The van der Waals surface area contributed by atoms with Gasteiger partial charge in [-0.25, -0.2) is 0 Å². The number of nitrogens with zero attached hydrogens (tertiary/aromatic N) is 1. The van der Waals surface area contributed by atoms with Crippen LogP contribution in [0.3, 0.4) is 0 Å².